The molecule has 1 saturated carbocycles. The quantitative estimate of drug-likeness (QED) is 0.798. The first-order chi connectivity index (χ1) is 9.52. The number of hydrogen-bond donors (Lipinski definition) is 2. The number of nitrogens with zero attached hydrogens (tertiary/aromatic N) is 1. The first-order valence-corrected chi connectivity index (χ1v) is 7.73. The second-order valence-electron chi connectivity index (χ2n) is 6.32. The number of hydrogen-bond acceptors (Lipinski definition) is 3. The Morgan fingerprint density at radius 2 is 2.00 bits per heavy atom. The summed E-state index contributed by atoms with van der Waals surface area (Å²) in [6, 6.07) is 0.408. The monoisotopic (exact) mass is 282 g/mol. The van der Waals surface area contributed by atoms with Crippen LogP contribution in [0.2, 0.25) is 0 Å². The van der Waals surface area contributed by atoms with Gasteiger partial charge in [-0.05, 0) is 45.2 Å². The van der Waals surface area contributed by atoms with Crippen molar-refractivity contribution in [2.75, 3.05) is 20.1 Å². The van der Waals surface area contributed by atoms with Crippen molar-refractivity contribution in [3.8, 4) is 0 Å². The molecule has 2 aliphatic rings. The van der Waals surface area contributed by atoms with Gasteiger partial charge in [0.15, 0.2) is 0 Å². The van der Waals surface area contributed by atoms with Crippen molar-refractivity contribution in [2.24, 2.45) is 17.8 Å². The second-order valence-corrected chi connectivity index (χ2v) is 6.32. The maximum atomic E-state index is 12.3. The Morgan fingerprint density at radius 3 is 2.55 bits per heavy atom. The molecule has 0 aromatic rings. The molecule has 20 heavy (non-hydrogen) atoms. The normalized spacial score (nSPS) is 34.3. The zero-order valence-corrected chi connectivity index (χ0v) is 12.5. The first kappa shape index (κ1) is 15.3. The van der Waals surface area contributed by atoms with Gasteiger partial charge in [-0.2, -0.15) is 0 Å². The minimum Gasteiger partial charge on any atom is -0.481 e. The van der Waals surface area contributed by atoms with E-state index in [-0.39, 0.29) is 11.8 Å². The summed E-state index contributed by atoms with van der Waals surface area (Å²) in [6.45, 7) is 3.80. The van der Waals surface area contributed by atoms with E-state index in [4.69, 9.17) is 0 Å². The molecule has 0 aromatic carbocycles. The number of carboxylic acid groups (broad SMARTS) is 1. The fourth-order valence-corrected chi connectivity index (χ4v) is 3.63. The van der Waals surface area contributed by atoms with Gasteiger partial charge in [-0.25, -0.2) is 0 Å². The van der Waals surface area contributed by atoms with Gasteiger partial charge in [0, 0.05) is 12.6 Å². The summed E-state index contributed by atoms with van der Waals surface area (Å²) in [4.78, 5) is 25.9. The van der Waals surface area contributed by atoms with E-state index in [1.54, 1.807) is 0 Å². The van der Waals surface area contributed by atoms with Crippen LogP contribution >= 0.6 is 0 Å². The Bertz CT molecular complexity index is 372. The number of amides is 1. The minimum absolute atomic E-state index is 0.0614. The van der Waals surface area contributed by atoms with Crippen molar-refractivity contribution in [2.45, 2.75) is 45.1 Å². The second kappa shape index (κ2) is 6.57. The molecule has 2 unspecified atom stereocenters. The maximum absolute atomic E-state index is 12.3. The van der Waals surface area contributed by atoms with Crippen LogP contribution in [0.1, 0.15) is 39.0 Å². The van der Waals surface area contributed by atoms with Gasteiger partial charge in [0.25, 0.3) is 0 Å². The van der Waals surface area contributed by atoms with Crippen molar-refractivity contribution in [3.63, 3.8) is 0 Å². The SMILES string of the molecule is CCC1C[C@H](C(=O)NCC2CCCN2C)[C@H](C(=O)O)C1. The molecule has 2 rings (SSSR count). The summed E-state index contributed by atoms with van der Waals surface area (Å²) >= 11 is 0. The van der Waals surface area contributed by atoms with E-state index in [0.29, 0.717) is 24.9 Å². The lowest BCUT2D eigenvalue weighted by atomic mass is 9.95. The summed E-state index contributed by atoms with van der Waals surface area (Å²) in [5.41, 5.74) is 0. The Labute approximate surface area is 120 Å². The third kappa shape index (κ3) is 3.32. The van der Waals surface area contributed by atoms with Gasteiger partial charge >= 0.3 is 5.97 Å². The summed E-state index contributed by atoms with van der Waals surface area (Å²) < 4.78 is 0. The van der Waals surface area contributed by atoms with Gasteiger partial charge in [0.1, 0.15) is 0 Å². The van der Waals surface area contributed by atoms with E-state index in [2.05, 4.69) is 24.2 Å². The van der Waals surface area contributed by atoms with Crippen LogP contribution in [0.25, 0.3) is 0 Å². The molecule has 2 N–H and O–H groups in total. The van der Waals surface area contributed by atoms with Crippen LogP contribution in [0.4, 0.5) is 0 Å². The molecular formula is C15H26N2O3. The topological polar surface area (TPSA) is 69.6 Å². The predicted molar refractivity (Wildman–Crippen MR) is 76.3 cm³/mol. The summed E-state index contributed by atoms with van der Waals surface area (Å²) in [7, 11) is 2.08. The average molecular weight is 282 g/mol. The van der Waals surface area contributed by atoms with Gasteiger partial charge < -0.3 is 15.3 Å². The third-order valence-electron chi connectivity index (χ3n) is 5.07. The summed E-state index contributed by atoms with van der Waals surface area (Å²) in [5.74, 6) is -1.35. The largest absolute Gasteiger partial charge is 0.481 e. The molecule has 0 aromatic heterocycles. The van der Waals surface area contributed by atoms with Crippen molar-refractivity contribution < 1.29 is 14.7 Å². The molecule has 5 heteroatoms. The molecule has 114 valence electrons. The van der Waals surface area contributed by atoms with Crippen LogP contribution < -0.4 is 5.32 Å². The van der Waals surface area contributed by atoms with E-state index in [0.717, 1.165) is 25.8 Å². The standard InChI is InChI=1S/C15H26N2O3/c1-3-10-7-12(13(8-10)15(19)20)14(18)16-9-11-5-4-6-17(11)2/h10-13H,3-9H2,1-2H3,(H,16,18)(H,19,20)/t10?,11?,12-,13+/m0/s1. The zero-order chi connectivity index (χ0) is 14.7. The van der Waals surface area contributed by atoms with Gasteiger partial charge in [0.05, 0.1) is 11.8 Å². The van der Waals surface area contributed by atoms with Crippen LogP contribution in [0.5, 0.6) is 0 Å². The van der Waals surface area contributed by atoms with E-state index in [1.165, 1.54) is 6.42 Å². The number of carbonyl (C=O) groups excluding carboxylic acids is 1. The van der Waals surface area contributed by atoms with Gasteiger partial charge in [-0.15, -0.1) is 0 Å². The fourth-order valence-electron chi connectivity index (χ4n) is 3.63. The molecule has 0 radical (unpaired) electrons. The fraction of sp³-hybridized carbons (Fsp3) is 0.867. The molecule has 0 bridgehead atoms. The number of rotatable bonds is 5. The molecule has 0 spiro atoms. The van der Waals surface area contributed by atoms with Crippen LogP contribution in [0, 0.1) is 17.8 Å². The molecule has 1 saturated heterocycles. The smallest absolute Gasteiger partial charge is 0.307 e. The Hall–Kier alpha value is -1.10. The highest BCUT2D eigenvalue weighted by Crippen LogP contribution is 2.38. The van der Waals surface area contributed by atoms with Gasteiger partial charge in [-0.3, -0.25) is 9.59 Å². The highest BCUT2D eigenvalue weighted by atomic mass is 16.4. The molecule has 5 nitrogen and oxygen atoms in total. The molecule has 4 atom stereocenters. The van der Waals surface area contributed by atoms with Crippen molar-refractivity contribution in [1.29, 1.82) is 0 Å². The van der Waals surface area contributed by atoms with Gasteiger partial charge in [0.2, 0.25) is 5.91 Å². The molecule has 2 fully saturated rings. The number of likely N-dealkylation sites (N-methyl/N-ethyl adjacent to an activating group) is 1. The molecule has 1 aliphatic carbocycles. The lowest BCUT2D eigenvalue weighted by Gasteiger charge is -2.22. The van der Waals surface area contributed by atoms with E-state index in [9.17, 15) is 14.7 Å². The van der Waals surface area contributed by atoms with E-state index >= 15 is 0 Å². The first-order valence-electron chi connectivity index (χ1n) is 7.73. The Kier molecular flexibility index (Phi) is 5.02. The maximum Gasteiger partial charge on any atom is 0.307 e. The van der Waals surface area contributed by atoms with E-state index < -0.39 is 11.9 Å². The highest BCUT2D eigenvalue weighted by molar-refractivity contribution is 5.85. The van der Waals surface area contributed by atoms with Crippen LogP contribution in [0.15, 0.2) is 0 Å². The van der Waals surface area contributed by atoms with Crippen molar-refractivity contribution >= 4 is 11.9 Å². The minimum atomic E-state index is -0.820. The van der Waals surface area contributed by atoms with Gasteiger partial charge in [-0.1, -0.05) is 13.3 Å². The molecule has 1 heterocycles. The zero-order valence-electron chi connectivity index (χ0n) is 12.5. The average Bonchev–Trinajstić information content (AvgIpc) is 3.02. The molecule has 1 amide bonds. The van der Waals surface area contributed by atoms with E-state index in [1.807, 2.05) is 0 Å². The summed E-state index contributed by atoms with van der Waals surface area (Å²) in [6.07, 6.45) is 4.61. The predicted octanol–water partition coefficient (Wildman–Crippen LogP) is 1.33. The summed E-state index contributed by atoms with van der Waals surface area (Å²) in [5, 5.41) is 12.3. The molecular weight excluding hydrogens is 256 g/mol. The number of likely N-dealkylation sites (tertiary alicyclic amines) is 1. The van der Waals surface area contributed by atoms with Crippen molar-refractivity contribution in [1.82, 2.24) is 10.2 Å². The third-order valence-corrected chi connectivity index (χ3v) is 5.07. The van der Waals surface area contributed by atoms with Crippen LogP contribution in [0.3, 0.4) is 0 Å². The molecule has 1 aliphatic heterocycles. The Morgan fingerprint density at radius 1 is 1.30 bits per heavy atom. The number of nitrogens with one attached hydrogen (secondary N) is 1. The van der Waals surface area contributed by atoms with Crippen molar-refractivity contribution in [3.05, 3.63) is 0 Å². The van der Waals surface area contributed by atoms with Crippen LogP contribution in [-0.2, 0) is 9.59 Å². The van der Waals surface area contributed by atoms with Crippen LogP contribution in [-0.4, -0.2) is 48.1 Å². The Balaban J connectivity index is 1.88. The number of aliphatic carboxylic acids is 1. The lowest BCUT2D eigenvalue weighted by Crippen LogP contribution is -2.42. The highest BCUT2D eigenvalue weighted by Gasteiger charge is 2.42. The number of carboxylic acids is 1. The number of carbonyl (C=O) groups is 2. The lowest BCUT2D eigenvalue weighted by molar-refractivity contribution is -0.146.